The van der Waals surface area contributed by atoms with E-state index < -0.39 is 0 Å². The Morgan fingerprint density at radius 3 is 2.76 bits per heavy atom. The Hall–Kier alpha value is -1.62. The second-order valence-corrected chi connectivity index (χ2v) is 5.27. The number of aromatic nitrogens is 1. The Morgan fingerprint density at radius 1 is 1.43 bits per heavy atom. The fraction of sp³-hybridized carbons (Fsp3) is 0.625. The molecule has 1 aromatic heterocycles. The summed E-state index contributed by atoms with van der Waals surface area (Å²) in [5.74, 6) is 1.12. The maximum Gasteiger partial charge on any atom is 0.341 e. The van der Waals surface area contributed by atoms with Gasteiger partial charge in [0.05, 0.1) is 26.0 Å². The molecule has 0 radical (unpaired) electrons. The summed E-state index contributed by atoms with van der Waals surface area (Å²) in [5, 5.41) is 0. The molecule has 1 saturated carbocycles. The van der Waals surface area contributed by atoms with E-state index in [0.29, 0.717) is 24.6 Å². The minimum Gasteiger partial charge on any atom is -0.465 e. The zero-order chi connectivity index (χ0) is 15.4. The average Bonchev–Trinajstić information content (AvgIpc) is 3.21. The van der Waals surface area contributed by atoms with E-state index in [0.717, 1.165) is 23.7 Å². The number of rotatable bonds is 4. The first-order chi connectivity index (χ1) is 10.2. The average molecular weight is 292 g/mol. The van der Waals surface area contributed by atoms with Gasteiger partial charge in [0.15, 0.2) is 0 Å². The van der Waals surface area contributed by atoms with Crippen molar-refractivity contribution >= 4 is 11.8 Å². The molecular weight excluding hydrogens is 268 g/mol. The first-order valence-corrected chi connectivity index (χ1v) is 7.59. The highest BCUT2D eigenvalue weighted by atomic mass is 16.5. The molecule has 0 unspecified atom stereocenters. The summed E-state index contributed by atoms with van der Waals surface area (Å²) in [7, 11) is 3.38. The number of anilines is 1. The Bertz CT molecular complexity index is 512. The number of pyridine rings is 1. The molecular formula is C16H24N2O3. The van der Waals surface area contributed by atoms with Crippen molar-refractivity contribution in [2.75, 3.05) is 25.6 Å². The number of ether oxygens (including phenoxy) is 2. The van der Waals surface area contributed by atoms with Crippen LogP contribution in [0.1, 0.15) is 48.3 Å². The van der Waals surface area contributed by atoms with Gasteiger partial charge in [-0.2, -0.15) is 0 Å². The summed E-state index contributed by atoms with van der Waals surface area (Å²) >= 11 is 0. The van der Waals surface area contributed by atoms with Gasteiger partial charge in [0.1, 0.15) is 11.4 Å². The van der Waals surface area contributed by atoms with Crippen LogP contribution < -0.4 is 4.90 Å². The minimum atomic E-state index is -0.333. The number of hydrogen-bond acceptors (Lipinski definition) is 5. The Morgan fingerprint density at radius 2 is 2.14 bits per heavy atom. The van der Waals surface area contributed by atoms with Gasteiger partial charge >= 0.3 is 5.97 Å². The molecule has 1 aliphatic carbocycles. The van der Waals surface area contributed by atoms with Gasteiger partial charge < -0.3 is 14.4 Å². The van der Waals surface area contributed by atoms with Crippen LogP contribution in [0.4, 0.5) is 5.82 Å². The van der Waals surface area contributed by atoms with Crippen LogP contribution in [0.5, 0.6) is 0 Å². The molecule has 0 saturated heterocycles. The molecule has 2 aliphatic rings. The van der Waals surface area contributed by atoms with E-state index in [1.165, 1.54) is 20.0 Å². The molecule has 2 heterocycles. The predicted molar refractivity (Wildman–Crippen MR) is 81.4 cm³/mol. The van der Waals surface area contributed by atoms with Crippen molar-refractivity contribution in [3.63, 3.8) is 0 Å². The van der Waals surface area contributed by atoms with Crippen LogP contribution in [0.25, 0.3) is 0 Å². The molecule has 1 fully saturated rings. The molecule has 1 aliphatic heterocycles. The lowest BCUT2D eigenvalue weighted by molar-refractivity contribution is 0.0601. The molecule has 0 aromatic carbocycles. The maximum atomic E-state index is 11.9. The highest BCUT2D eigenvalue weighted by molar-refractivity contribution is 5.95. The molecule has 0 spiro atoms. The van der Waals surface area contributed by atoms with Crippen molar-refractivity contribution in [1.82, 2.24) is 4.98 Å². The van der Waals surface area contributed by atoms with Crippen LogP contribution >= 0.6 is 0 Å². The molecule has 3 rings (SSSR count). The highest BCUT2D eigenvalue weighted by Gasteiger charge is 2.27. The van der Waals surface area contributed by atoms with Crippen LogP contribution in [0.3, 0.4) is 0 Å². The van der Waals surface area contributed by atoms with Crippen LogP contribution in [0.15, 0.2) is 6.07 Å². The third-order valence-corrected chi connectivity index (χ3v) is 3.66. The van der Waals surface area contributed by atoms with Gasteiger partial charge in [-0.05, 0) is 24.8 Å². The predicted octanol–water partition coefficient (Wildman–Crippen LogP) is 2.77. The lowest BCUT2D eigenvalue weighted by Gasteiger charge is -2.21. The Labute approximate surface area is 126 Å². The number of methoxy groups -OCH3 is 1. The van der Waals surface area contributed by atoms with Crippen molar-refractivity contribution in [2.24, 2.45) is 5.92 Å². The van der Waals surface area contributed by atoms with Gasteiger partial charge in [0.25, 0.3) is 0 Å². The Kier molecular flexibility index (Phi) is 5.17. The van der Waals surface area contributed by atoms with E-state index in [1.54, 1.807) is 0 Å². The van der Waals surface area contributed by atoms with Crippen molar-refractivity contribution in [3.05, 3.63) is 22.9 Å². The maximum absolute atomic E-state index is 11.9. The number of esters is 1. The molecule has 1 aromatic rings. The molecule has 21 heavy (non-hydrogen) atoms. The minimum absolute atomic E-state index is 0.333. The van der Waals surface area contributed by atoms with Crippen molar-refractivity contribution < 1.29 is 14.3 Å². The van der Waals surface area contributed by atoms with Gasteiger partial charge in [0, 0.05) is 19.2 Å². The van der Waals surface area contributed by atoms with Gasteiger partial charge in [-0.3, -0.25) is 0 Å². The first kappa shape index (κ1) is 15.8. The van der Waals surface area contributed by atoms with Gasteiger partial charge in [-0.25, -0.2) is 9.78 Å². The summed E-state index contributed by atoms with van der Waals surface area (Å²) in [6.45, 7) is 6.00. The topological polar surface area (TPSA) is 51.7 Å². The highest BCUT2D eigenvalue weighted by Crippen LogP contribution is 2.32. The van der Waals surface area contributed by atoms with E-state index in [4.69, 9.17) is 9.47 Å². The number of carbonyl (C=O) groups excluding carboxylic acids is 1. The normalized spacial score (nSPS) is 15.8. The molecule has 116 valence electrons. The van der Waals surface area contributed by atoms with Crippen LogP contribution in [0, 0.1) is 5.92 Å². The molecule has 0 bridgehead atoms. The van der Waals surface area contributed by atoms with Gasteiger partial charge in [-0.15, -0.1) is 0 Å². The summed E-state index contributed by atoms with van der Waals surface area (Å²) in [6.07, 6.45) is 2.54. The van der Waals surface area contributed by atoms with E-state index in [1.807, 2.05) is 27.0 Å². The standard InChI is InChI=1S/C14H18N2O3.C2H6/c1-16(6-9-3-4-9)13-11(14(17)18-2)5-10-7-19-8-12(10)15-13;1-2/h5,9H,3-4,6-8H2,1-2H3;1-2H3. The smallest absolute Gasteiger partial charge is 0.341 e. The number of nitrogens with zero attached hydrogens (tertiary/aromatic N) is 2. The monoisotopic (exact) mass is 292 g/mol. The van der Waals surface area contributed by atoms with E-state index in [-0.39, 0.29) is 5.97 Å². The lowest BCUT2D eigenvalue weighted by Crippen LogP contribution is -2.24. The fourth-order valence-corrected chi connectivity index (χ4v) is 2.41. The second kappa shape index (κ2) is 6.89. The van der Waals surface area contributed by atoms with Crippen LogP contribution in [-0.2, 0) is 22.7 Å². The van der Waals surface area contributed by atoms with Gasteiger partial charge in [-0.1, -0.05) is 13.8 Å². The number of fused-ring (bicyclic) bond motifs is 1. The lowest BCUT2D eigenvalue weighted by atomic mass is 10.1. The van der Waals surface area contributed by atoms with E-state index in [2.05, 4.69) is 9.88 Å². The summed E-state index contributed by atoms with van der Waals surface area (Å²) < 4.78 is 10.2. The largest absolute Gasteiger partial charge is 0.465 e. The first-order valence-electron chi connectivity index (χ1n) is 7.59. The third-order valence-electron chi connectivity index (χ3n) is 3.66. The van der Waals surface area contributed by atoms with Crippen molar-refractivity contribution in [3.8, 4) is 0 Å². The Balaban J connectivity index is 0.000000774. The summed E-state index contributed by atoms with van der Waals surface area (Å²) in [5.41, 5.74) is 2.46. The van der Waals surface area contributed by atoms with Crippen LogP contribution in [-0.4, -0.2) is 31.7 Å². The second-order valence-electron chi connectivity index (χ2n) is 5.27. The SMILES string of the molecule is CC.COC(=O)c1cc2c(nc1N(C)CC1CC1)COC2. The quantitative estimate of drug-likeness (QED) is 0.799. The van der Waals surface area contributed by atoms with Gasteiger partial charge in [0.2, 0.25) is 0 Å². The zero-order valence-corrected chi connectivity index (χ0v) is 13.3. The molecule has 5 heteroatoms. The van der Waals surface area contributed by atoms with Crippen molar-refractivity contribution in [1.29, 1.82) is 0 Å². The fourth-order valence-electron chi connectivity index (χ4n) is 2.41. The molecule has 5 nitrogen and oxygen atoms in total. The molecule has 0 amide bonds. The van der Waals surface area contributed by atoms with Crippen molar-refractivity contribution in [2.45, 2.75) is 39.9 Å². The zero-order valence-electron chi connectivity index (χ0n) is 13.3. The number of carbonyl (C=O) groups is 1. The summed E-state index contributed by atoms with van der Waals surface area (Å²) in [6, 6.07) is 1.86. The number of hydrogen-bond donors (Lipinski definition) is 0. The van der Waals surface area contributed by atoms with E-state index >= 15 is 0 Å². The van der Waals surface area contributed by atoms with E-state index in [9.17, 15) is 4.79 Å². The summed E-state index contributed by atoms with van der Waals surface area (Å²) in [4.78, 5) is 18.6. The molecule has 0 N–H and O–H groups in total. The molecule has 0 atom stereocenters. The third kappa shape index (κ3) is 3.53. The van der Waals surface area contributed by atoms with Crippen LogP contribution in [0.2, 0.25) is 0 Å².